The summed E-state index contributed by atoms with van der Waals surface area (Å²) < 4.78 is 26.9. The summed E-state index contributed by atoms with van der Waals surface area (Å²) in [6.45, 7) is 4.41. The third-order valence-corrected chi connectivity index (χ3v) is 5.55. The van der Waals surface area contributed by atoms with Crippen molar-refractivity contribution in [2.24, 2.45) is 5.92 Å². The lowest BCUT2D eigenvalue weighted by Gasteiger charge is -2.32. The van der Waals surface area contributed by atoms with Crippen LogP contribution in [0.3, 0.4) is 0 Å². The first kappa shape index (κ1) is 20.0. The predicted octanol–water partition coefficient (Wildman–Crippen LogP) is 1.78. The Morgan fingerprint density at radius 1 is 1.21 bits per heavy atom. The molecule has 2 aliphatic rings. The van der Waals surface area contributed by atoms with E-state index in [1.807, 2.05) is 0 Å². The SMILES string of the molecule is C=CC(=O)N1CCC(C(=O)N[C@H]2CC(=O)N(C)[C@@H]2c2ccc(F)c(F)c2)CC1. The van der Waals surface area contributed by atoms with Gasteiger partial charge in [-0.15, -0.1) is 0 Å². The zero-order valence-electron chi connectivity index (χ0n) is 15.7. The lowest BCUT2D eigenvalue weighted by molar-refractivity contribution is -0.132. The van der Waals surface area contributed by atoms with E-state index in [1.54, 1.807) is 11.9 Å². The summed E-state index contributed by atoms with van der Waals surface area (Å²) in [4.78, 5) is 39.6. The van der Waals surface area contributed by atoms with Crippen molar-refractivity contribution in [3.05, 3.63) is 48.1 Å². The monoisotopic (exact) mass is 391 g/mol. The van der Waals surface area contributed by atoms with Gasteiger partial charge in [0.05, 0.1) is 12.1 Å². The summed E-state index contributed by atoms with van der Waals surface area (Å²) in [7, 11) is 1.58. The van der Waals surface area contributed by atoms with E-state index in [4.69, 9.17) is 0 Å². The first-order valence-corrected chi connectivity index (χ1v) is 9.24. The molecule has 0 bridgehead atoms. The number of hydrogen-bond donors (Lipinski definition) is 1. The fourth-order valence-electron chi connectivity index (χ4n) is 3.94. The summed E-state index contributed by atoms with van der Waals surface area (Å²) in [5, 5.41) is 2.91. The maximum absolute atomic E-state index is 13.7. The van der Waals surface area contributed by atoms with Gasteiger partial charge in [0.15, 0.2) is 11.6 Å². The van der Waals surface area contributed by atoms with Gasteiger partial charge in [0.25, 0.3) is 0 Å². The second-order valence-electron chi connectivity index (χ2n) is 7.25. The average Bonchev–Trinajstić information content (AvgIpc) is 2.97. The molecule has 0 aromatic heterocycles. The van der Waals surface area contributed by atoms with Crippen molar-refractivity contribution in [1.82, 2.24) is 15.1 Å². The van der Waals surface area contributed by atoms with Gasteiger partial charge in [-0.2, -0.15) is 0 Å². The number of hydrogen-bond acceptors (Lipinski definition) is 3. The smallest absolute Gasteiger partial charge is 0.245 e. The van der Waals surface area contributed by atoms with Crippen molar-refractivity contribution >= 4 is 17.7 Å². The van der Waals surface area contributed by atoms with E-state index in [2.05, 4.69) is 11.9 Å². The van der Waals surface area contributed by atoms with Crippen LogP contribution in [0.1, 0.15) is 30.9 Å². The number of carbonyl (C=O) groups excluding carboxylic acids is 3. The number of piperidine rings is 1. The van der Waals surface area contributed by atoms with Crippen LogP contribution in [-0.4, -0.2) is 53.7 Å². The Kier molecular flexibility index (Phi) is 5.76. The molecule has 2 fully saturated rings. The van der Waals surface area contributed by atoms with Crippen molar-refractivity contribution < 1.29 is 23.2 Å². The topological polar surface area (TPSA) is 69.7 Å². The van der Waals surface area contributed by atoms with Gasteiger partial charge >= 0.3 is 0 Å². The van der Waals surface area contributed by atoms with Gasteiger partial charge in [0.2, 0.25) is 17.7 Å². The number of amides is 3. The zero-order valence-corrected chi connectivity index (χ0v) is 15.7. The molecule has 0 saturated carbocycles. The van der Waals surface area contributed by atoms with Gasteiger partial charge in [-0.1, -0.05) is 12.6 Å². The predicted molar refractivity (Wildman–Crippen MR) is 97.9 cm³/mol. The number of halogens is 2. The van der Waals surface area contributed by atoms with Gasteiger partial charge < -0.3 is 15.1 Å². The lowest BCUT2D eigenvalue weighted by atomic mass is 9.94. The highest BCUT2D eigenvalue weighted by molar-refractivity contribution is 5.87. The number of nitrogens with one attached hydrogen (secondary N) is 1. The molecular weight excluding hydrogens is 368 g/mol. The highest BCUT2D eigenvalue weighted by Crippen LogP contribution is 2.33. The van der Waals surface area contributed by atoms with E-state index in [0.717, 1.165) is 12.1 Å². The molecule has 2 heterocycles. The molecule has 28 heavy (non-hydrogen) atoms. The van der Waals surface area contributed by atoms with Gasteiger partial charge in [-0.25, -0.2) is 8.78 Å². The van der Waals surface area contributed by atoms with Crippen molar-refractivity contribution in [3.63, 3.8) is 0 Å². The Bertz CT molecular complexity index is 806. The van der Waals surface area contributed by atoms with E-state index in [1.165, 1.54) is 17.0 Å². The second-order valence-corrected chi connectivity index (χ2v) is 7.25. The van der Waals surface area contributed by atoms with Crippen LogP contribution in [0.5, 0.6) is 0 Å². The standard InChI is InChI=1S/C20H23F2N3O3/c1-3-17(26)25-8-6-12(7-9-25)20(28)23-16-11-18(27)24(2)19(16)13-4-5-14(21)15(22)10-13/h3-5,10,12,16,19H,1,6-9,11H2,2H3,(H,23,28)/t16-,19+/m0/s1. The Morgan fingerprint density at radius 3 is 2.50 bits per heavy atom. The number of nitrogens with zero attached hydrogens (tertiary/aromatic N) is 2. The highest BCUT2D eigenvalue weighted by atomic mass is 19.2. The van der Waals surface area contributed by atoms with Gasteiger partial charge in [0.1, 0.15) is 0 Å². The van der Waals surface area contributed by atoms with Crippen molar-refractivity contribution in [2.45, 2.75) is 31.3 Å². The van der Waals surface area contributed by atoms with Crippen LogP contribution in [0.25, 0.3) is 0 Å². The molecule has 2 saturated heterocycles. The normalized spacial score (nSPS) is 23.0. The molecule has 2 atom stereocenters. The molecule has 1 N–H and O–H groups in total. The van der Waals surface area contributed by atoms with Crippen molar-refractivity contribution in [2.75, 3.05) is 20.1 Å². The number of benzene rings is 1. The van der Waals surface area contributed by atoms with Gasteiger partial charge in [0, 0.05) is 32.5 Å². The number of carbonyl (C=O) groups is 3. The Balaban J connectivity index is 1.69. The lowest BCUT2D eigenvalue weighted by Crippen LogP contribution is -2.46. The molecule has 0 aliphatic carbocycles. The van der Waals surface area contributed by atoms with E-state index in [9.17, 15) is 23.2 Å². The van der Waals surface area contributed by atoms with E-state index in [-0.39, 0.29) is 30.1 Å². The first-order valence-electron chi connectivity index (χ1n) is 9.24. The molecule has 0 unspecified atom stereocenters. The molecule has 6 nitrogen and oxygen atoms in total. The minimum absolute atomic E-state index is 0.0969. The number of likely N-dealkylation sites (N-methyl/N-ethyl adjacent to an activating group) is 1. The Morgan fingerprint density at radius 2 is 1.89 bits per heavy atom. The molecule has 2 aliphatic heterocycles. The molecule has 0 spiro atoms. The molecule has 3 amide bonds. The van der Waals surface area contributed by atoms with Crippen LogP contribution in [0.2, 0.25) is 0 Å². The summed E-state index contributed by atoms with van der Waals surface area (Å²) in [5.41, 5.74) is 0.434. The van der Waals surface area contributed by atoms with Crippen LogP contribution in [-0.2, 0) is 14.4 Å². The maximum atomic E-state index is 13.7. The maximum Gasteiger partial charge on any atom is 0.245 e. The van der Waals surface area contributed by atoms with Crippen molar-refractivity contribution in [1.29, 1.82) is 0 Å². The average molecular weight is 391 g/mol. The number of likely N-dealkylation sites (tertiary alicyclic amines) is 2. The third-order valence-electron chi connectivity index (χ3n) is 5.55. The first-order chi connectivity index (χ1) is 13.3. The Hall–Kier alpha value is -2.77. The van der Waals surface area contributed by atoms with Crippen LogP contribution in [0.4, 0.5) is 8.78 Å². The Labute approximate surface area is 162 Å². The fourth-order valence-corrected chi connectivity index (χ4v) is 3.94. The second kappa shape index (κ2) is 8.08. The van der Waals surface area contributed by atoms with Crippen LogP contribution in [0, 0.1) is 17.6 Å². The molecular formula is C20H23F2N3O3. The summed E-state index contributed by atoms with van der Waals surface area (Å²) in [5.74, 6) is -2.73. The molecule has 150 valence electrons. The fraction of sp³-hybridized carbons (Fsp3) is 0.450. The molecule has 3 rings (SSSR count). The van der Waals surface area contributed by atoms with Crippen LogP contribution in [0.15, 0.2) is 30.9 Å². The van der Waals surface area contributed by atoms with Crippen molar-refractivity contribution in [3.8, 4) is 0 Å². The third kappa shape index (κ3) is 3.90. The van der Waals surface area contributed by atoms with Gasteiger partial charge in [-0.3, -0.25) is 14.4 Å². The van der Waals surface area contributed by atoms with Gasteiger partial charge in [-0.05, 0) is 36.6 Å². The van der Waals surface area contributed by atoms with E-state index >= 15 is 0 Å². The number of rotatable bonds is 4. The summed E-state index contributed by atoms with van der Waals surface area (Å²) >= 11 is 0. The zero-order chi connectivity index (χ0) is 20.4. The minimum atomic E-state index is -0.991. The van der Waals surface area contributed by atoms with E-state index in [0.29, 0.717) is 31.5 Å². The summed E-state index contributed by atoms with van der Waals surface area (Å²) in [6.07, 6.45) is 2.40. The van der Waals surface area contributed by atoms with Crippen LogP contribution < -0.4 is 5.32 Å². The summed E-state index contributed by atoms with van der Waals surface area (Å²) in [6, 6.07) is 2.42. The molecule has 0 radical (unpaired) electrons. The van der Waals surface area contributed by atoms with E-state index < -0.39 is 23.7 Å². The highest BCUT2D eigenvalue weighted by Gasteiger charge is 2.40. The molecule has 1 aromatic carbocycles. The minimum Gasteiger partial charge on any atom is -0.350 e. The largest absolute Gasteiger partial charge is 0.350 e. The quantitative estimate of drug-likeness (QED) is 0.796. The molecule has 8 heteroatoms. The molecule has 1 aromatic rings. The van der Waals surface area contributed by atoms with Crippen LogP contribution >= 0.6 is 0 Å².